The Labute approximate surface area is 356 Å². The topological polar surface area (TPSA) is 35.5 Å². The summed E-state index contributed by atoms with van der Waals surface area (Å²) in [5.41, 5.74) is 2.97. The van der Waals surface area contributed by atoms with E-state index in [1.165, 1.54) is 185 Å². The lowest BCUT2D eigenvalue weighted by Crippen LogP contribution is -2.08. The van der Waals surface area contributed by atoms with E-state index in [-0.39, 0.29) is 5.78 Å². The first-order valence-electron chi connectivity index (χ1n) is 24.6. The van der Waals surface area contributed by atoms with Gasteiger partial charge < -0.3 is 9.47 Å². The van der Waals surface area contributed by atoms with E-state index in [0.29, 0.717) is 13.2 Å². The molecule has 1 heterocycles. The van der Waals surface area contributed by atoms with Crippen molar-refractivity contribution in [2.45, 2.75) is 238 Å². The minimum atomic E-state index is 0.0922. The first-order chi connectivity index (χ1) is 28.2. The standard InChI is InChI=1S/C53H86O3S/c1-4-7-10-12-14-16-18-20-22-24-26-28-30-32-37-42-55-49-45-48-51(54)50(44-46-39-35-34-36-40-46)57-53(48)52(47(49)41-9-6-3)56-43-38-33-31-29-27-25-23-21-19-17-15-13-11-8-5-2/h34-36,39-40,44-45H,4-33,37-38,41-43H2,1-3H3. The molecule has 0 saturated heterocycles. The van der Waals surface area contributed by atoms with E-state index < -0.39 is 0 Å². The van der Waals surface area contributed by atoms with Crippen LogP contribution in [0.3, 0.4) is 0 Å². The SMILES string of the molecule is CCCCCCCCCCCCCCCCCOc1cc2c(c(OCCCCCCCCCCCCCCCCC)c1CCCC)SC(=Cc1ccccc1)C2=O. The molecule has 57 heavy (non-hydrogen) atoms. The summed E-state index contributed by atoms with van der Waals surface area (Å²) in [6.07, 6.45) is 45.8. The number of fused-ring (bicyclic) bond motifs is 1. The number of Topliss-reactive ketones (excluding diaryl/α,β-unsaturated/α-hetero) is 1. The zero-order chi connectivity index (χ0) is 40.4. The zero-order valence-electron chi connectivity index (χ0n) is 37.4. The molecular weight excluding hydrogens is 717 g/mol. The van der Waals surface area contributed by atoms with E-state index in [9.17, 15) is 4.79 Å². The fraction of sp³-hybridized carbons (Fsp3) is 0.717. The molecule has 0 aromatic heterocycles. The molecule has 2 aromatic carbocycles. The van der Waals surface area contributed by atoms with Crippen LogP contribution in [0.2, 0.25) is 0 Å². The van der Waals surface area contributed by atoms with Crippen molar-refractivity contribution in [1.29, 1.82) is 0 Å². The van der Waals surface area contributed by atoms with Gasteiger partial charge in [0.15, 0.2) is 0 Å². The minimum absolute atomic E-state index is 0.0922. The van der Waals surface area contributed by atoms with Gasteiger partial charge in [-0.2, -0.15) is 0 Å². The van der Waals surface area contributed by atoms with Crippen molar-refractivity contribution >= 4 is 23.6 Å². The van der Waals surface area contributed by atoms with Crippen LogP contribution in [0.25, 0.3) is 6.08 Å². The van der Waals surface area contributed by atoms with Crippen LogP contribution in [0.15, 0.2) is 46.2 Å². The van der Waals surface area contributed by atoms with E-state index >= 15 is 0 Å². The largest absolute Gasteiger partial charge is 0.493 e. The smallest absolute Gasteiger partial charge is 0.201 e. The van der Waals surface area contributed by atoms with Crippen molar-refractivity contribution < 1.29 is 14.3 Å². The van der Waals surface area contributed by atoms with Crippen molar-refractivity contribution in [3.05, 3.63) is 58.0 Å². The molecule has 0 saturated carbocycles. The number of hydrogen-bond acceptors (Lipinski definition) is 4. The predicted octanol–water partition coefficient (Wildman–Crippen LogP) is 17.9. The van der Waals surface area contributed by atoms with Gasteiger partial charge in [0.25, 0.3) is 0 Å². The third-order valence-electron chi connectivity index (χ3n) is 11.9. The maximum Gasteiger partial charge on any atom is 0.201 e. The van der Waals surface area contributed by atoms with E-state index in [2.05, 4.69) is 32.9 Å². The number of carbonyl (C=O) groups is 1. The molecule has 0 spiro atoms. The zero-order valence-corrected chi connectivity index (χ0v) is 38.2. The number of ketones is 1. The van der Waals surface area contributed by atoms with Crippen molar-refractivity contribution in [2.24, 2.45) is 0 Å². The quantitative estimate of drug-likeness (QED) is 0.0500. The summed E-state index contributed by atoms with van der Waals surface area (Å²) < 4.78 is 13.3. The first kappa shape index (κ1) is 49.2. The highest BCUT2D eigenvalue weighted by atomic mass is 32.2. The van der Waals surface area contributed by atoms with Crippen LogP contribution >= 0.6 is 11.8 Å². The van der Waals surface area contributed by atoms with Gasteiger partial charge in [-0.15, -0.1) is 0 Å². The molecule has 3 nitrogen and oxygen atoms in total. The molecule has 4 heteroatoms. The van der Waals surface area contributed by atoms with Gasteiger partial charge >= 0.3 is 0 Å². The van der Waals surface area contributed by atoms with E-state index in [1.54, 1.807) is 11.8 Å². The fourth-order valence-electron chi connectivity index (χ4n) is 8.18. The fourth-order valence-corrected chi connectivity index (χ4v) is 9.34. The Bertz CT molecular complexity index is 1320. The van der Waals surface area contributed by atoms with Gasteiger partial charge in [0.1, 0.15) is 11.5 Å². The number of thioether (sulfide) groups is 1. The predicted molar refractivity (Wildman–Crippen MR) is 251 cm³/mol. The number of carbonyl (C=O) groups excluding carboxylic acids is 1. The summed E-state index contributed by atoms with van der Waals surface area (Å²) in [4.78, 5) is 15.6. The maximum absolute atomic E-state index is 13.9. The number of allylic oxidation sites excluding steroid dienone is 1. The van der Waals surface area contributed by atoms with Crippen LogP contribution in [0.5, 0.6) is 11.5 Å². The summed E-state index contributed by atoms with van der Waals surface area (Å²) in [5, 5.41) is 0. The summed E-state index contributed by atoms with van der Waals surface area (Å²) in [6, 6.07) is 12.3. The summed E-state index contributed by atoms with van der Waals surface area (Å²) >= 11 is 1.59. The van der Waals surface area contributed by atoms with Crippen molar-refractivity contribution in [3.63, 3.8) is 0 Å². The molecule has 0 bridgehead atoms. The number of benzene rings is 2. The lowest BCUT2D eigenvalue weighted by atomic mass is 10.0. The molecule has 0 unspecified atom stereocenters. The molecule has 3 rings (SSSR count). The Morgan fingerprint density at radius 3 is 1.33 bits per heavy atom. The van der Waals surface area contributed by atoms with Crippen molar-refractivity contribution in [2.75, 3.05) is 13.2 Å². The molecular formula is C53H86O3S. The second kappa shape index (κ2) is 33.6. The maximum atomic E-state index is 13.9. The van der Waals surface area contributed by atoms with Crippen molar-refractivity contribution in [1.82, 2.24) is 0 Å². The second-order valence-corrected chi connectivity index (χ2v) is 18.2. The summed E-state index contributed by atoms with van der Waals surface area (Å²) in [5.74, 6) is 1.87. The Morgan fingerprint density at radius 1 is 0.491 bits per heavy atom. The van der Waals surface area contributed by atoms with E-state index in [0.717, 1.165) is 64.5 Å². The molecule has 1 aliphatic heterocycles. The molecule has 2 aromatic rings. The average molecular weight is 803 g/mol. The third-order valence-corrected chi connectivity index (χ3v) is 13.0. The van der Waals surface area contributed by atoms with Gasteiger partial charge in [-0.05, 0) is 43.4 Å². The van der Waals surface area contributed by atoms with Crippen LogP contribution in [-0.4, -0.2) is 19.0 Å². The van der Waals surface area contributed by atoms with Crippen LogP contribution in [0.1, 0.15) is 248 Å². The first-order valence-corrected chi connectivity index (χ1v) is 25.5. The van der Waals surface area contributed by atoms with Crippen molar-refractivity contribution in [3.8, 4) is 11.5 Å². The van der Waals surface area contributed by atoms with Gasteiger partial charge in [-0.3, -0.25) is 4.79 Å². The summed E-state index contributed by atoms with van der Waals surface area (Å²) in [7, 11) is 0. The Morgan fingerprint density at radius 2 is 0.895 bits per heavy atom. The second-order valence-electron chi connectivity index (χ2n) is 17.1. The average Bonchev–Trinajstić information content (AvgIpc) is 3.53. The molecule has 0 radical (unpaired) electrons. The van der Waals surface area contributed by atoms with E-state index in [1.807, 2.05) is 30.3 Å². The van der Waals surface area contributed by atoms with Gasteiger partial charge in [-0.25, -0.2) is 0 Å². The van der Waals surface area contributed by atoms with Gasteiger partial charge in [0.05, 0.1) is 23.0 Å². The lowest BCUT2D eigenvalue weighted by molar-refractivity contribution is 0.104. The molecule has 0 amide bonds. The third kappa shape index (κ3) is 21.6. The Hall–Kier alpha value is -2.20. The van der Waals surface area contributed by atoms with E-state index in [4.69, 9.17) is 9.47 Å². The number of rotatable bonds is 38. The summed E-state index contributed by atoms with van der Waals surface area (Å²) in [6.45, 7) is 8.23. The highest BCUT2D eigenvalue weighted by molar-refractivity contribution is 8.05. The molecule has 0 N–H and O–H groups in total. The monoisotopic (exact) mass is 803 g/mol. The number of unbranched alkanes of at least 4 members (excludes halogenated alkanes) is 29. The van der Waals surface area contributed by atoms with Crippen LogP contribution in [-0.2, 0) is 6.42 Å². The number of ether oxygens (including phenoxy) is 2. The minimum Gasteiger partial charge on any atom is -0.493 e. The van der Waals surface area contributed by atoms with Gasteiger partial charge in [0, 0.05) is 11.1 Å². The Balaban J connectivity index is 1.46. The normalized spacial score (nSPS) is 13.2. The molecule has 1 aliphatic rings. The Kier molecular flexibility index (Phi) is 29.0. The molecule has 0 atom stereocenters. The lowest BCUT2D eigenvalue weighted by Gasteiger charge is -2.19. The number of hydrogen-bond donors (Lipinski definition) is 0. The van der Waals surface area contributed by atoms with Crippen LogP contribution < -0.4 is 9.47 Å². The molecule has 0 fully saturated rings. The van der Waals surface area contributed by atoms with Crippen LogP contribution in [0.4, 0.5) is 0 Å². The van der Waals surface area contributed by atoms with Gasteiger partial charge in [0.2, 0.25) is 5.78 Å². The highest BCUT2D eigenvalue weighted by Gasteiger charge is 2.33. The molecule has 0 aliphatic carbocycles. The molecule has 322 valence electrons. The van der Waals surface area contributed by atoms with Gasteiger partial charge in [-0.1, -0.05) is 249 Å². The van der Waals surface area contributed by atoms with Crippen LogP contribution in [0, 0.1) is 0 Å². The highest BCUT2D eigenvalue weighted by Crippen LogP contribution is 2.50.